The standard InChI is InChI=1S/C13H18/c1-5-11-9-7-8-10-12(11)13(3,4)6-2/h5,7-10H,1,6H2,2-4H3. The van der Waals surface area contributed by atoms with Crippen molar-refractivity contribution in [3.63, 3.8) is 0 Å². The molecule has 0 nitrogen and oxygen atoms in total. The van der Waals surface area contributed by atoms with E-state index in [1.807, 2.05) is 6.08 Å². The van der Waals surface area contributed by atoms with Crippen molar-refractivity contribution in [2.45, 2.75) is 32.6 Å². The predicted molar refractivity (Wildman–Crippen MR) is 59.9 cm³/mol. The molecule has 1 rings (SSSR count). The van der Waals surface area contributed by atoms with Crippen LogP contribution in [0.4, 0.5) is 0 Å². The molecule has 13 heavy (non-hydrogen) atoms. The van der Waals surface area contributed by atoms with Gasteiger partial charge in [-0.2, -0.15) is 0 Å². The van der Waals surface area contributed by atoms with E-state index in [2.05, 4.69) is 51.6 Å². The second-order valence-electron chi connectivity index (χ2n) is 4.03. The maximum Gasteiger partial charge on any atom is -0.0100 e. The normalized spacial score (nSPS) is 11.3. The Bertz CT molecular complexity index is 295. The fraction of sp³-hybridized carbons (Fsp3) is 0.385. The molecule has 1 aromatic carbocycles. The van der Waals surface area contributed by atoms with Crippen LogP contribution in [0.1, 0.15) is 38.3 Å². The van der Waals surface area contributed by atoms with E-state index in [9.17, 15) is 0 Å². The minimum absolute atomic E-state index is 0.255. The first-order chi connectivity index (χ1) is 6.11. The highest BCUT2D eigenvalue weighted by Gasteiger charge is 2.19. The maximum atomic E-state index is 3.84. The van der Waals surface area contributed by atoms with E-state index in [-0.39, 0.29) is 5.41 Å². The first kappa shape index (κ1) is 10.0. The summed E-state index contributed by atoms with van der Waals surface area (Å²) in [5, 5.41) is 0. The van der Waals surface area contributed by atoms with Crippen molar-refractivity contribution < 1.29 is 0 Å². The summed E-state index contributed by atoms with van der Waals surface area (Å²) >= 11 is 0. The van der Waals surface area contributed by atoms with Crippen molar-refractivity contribution in [1.29, 1.82) is 0 Å². The Balaban J connectivity index is 3.20. The van der Waals surface area contributed by atoms with Crippen LogP contribution in [0.5, 0.6) is 0 Å². The molecular formula is C13H18. The number of hydrogen-bond acceptors (Lipinski definition) is 0. The summed E-state index contributed by atoms with van der Waals surface area (Å²) < 4.78 is 0. The smallest absolute Gasteiger partial charge is 0.0100 e. The third kappa shape index (κ3) is 2.00. The summed E-state index contributed by atoms with van der Waals surface area (Å²) in [6.07, 6.45) is 3.09. The lowest BCUT2D eigenvalue weighted by Gasteiger charge is -2.25. The third-order valence-corrected chi connectivity index (χ3v) is 2.79. The molecule has 0 aliphatic rings. The molecule has 0 N–H and O–H groups in total. The second-order valence-corrected chi connectivity index (χ2v) is 4.03. The molecule has 70 valence electrons. The second kappa shape index (κ2) is 3.78. The van der Waals surface area contributed by atoms with E-state index in [0.717, 1.165) is 6.42 Å². The highest BCUT2D eigenvalue weighted by Crippen LogP contribution is 2.29. The largest absolute Gasteiger partial charge is 0.0985 e. The number of benzene rings is 1. The van der Waals surface area contributed by atoms with E-state index in [4.69, 9.17) is 0 Å². The molecule has 0 aliphatic carbocycles. The Labute approximate surface area is 81.3 Å². The Morgan fingerprint density at radius 3 is 2.46 bits per heavy atom. The fourth-order valence-corrected chi connectivity index (χ4v) is 1.48. The predicted octanol–water partition coefficient (Wildman–Crippen LogP) is 4.02. The molecule has 0 bridgehead atoms. The van der Waals surface area contributed by atoms with Gasteiger partial charge in [-0.25, -0.2) is 0 Å². The molecule has 0 aromatic heterocycles. The molecular weight excluding hydrogens is 156 g/mol. The Morgan fingerprint density at radius 1 is 1.31 bits per heavy atom. The summed E-state index contributed by atoms with van der Waals surface area (Å²) in [7, 11) is 0. The zero-order chi connectivity index (χ0) is 9.90. The number of hydrogen-bond donors (Lipinski definition) is 0. The van der Waals surface area contributed by atoms with E-state index < -0.39 is 0 Å². The Hall–Kier alpha value is -1.04. The molecule has 0 spiro atoms. The Morgan fingerprint density at radius 2 is 1.92 bits per heavy atom. The van der Waals surface area contributed by atoms with Crippen molar-refractivity contribution in [3.05, 3.63) is 42.0 Å². The molecule has 0 saturated carbocycles. The van der Waals surface area contributed by atoms with Crippen molar-refractivity contribution in [2.24, 2.45) is 0 Å². The van der Waals surface area contributed by atoms with Crippen LogP contribution in [-0.2, 0) is 5.41 Å². The summed E-state index contributed by atoms with van der Waals surface area (Å²) in [5.74, 6) is 0. The average Bonchev–Trinajstić information content (AvgIpc) is 2.18. The van der Waals surface area contributed by atoms with Crippen molar-refractivity contribution >= 4 is 6.08 Å². The quantitative estimate of drug-likeness (QED) is 0.649. The lowest BCUT2D eigenvalue weighted by molar-refractivity contribution is 0.505. The van der Waals surface area contributed by atoms with Gasteiger partial charge in [0.2, 0.25) is 0 Å². The molecule has 0 heterocycles. The molecule has 0 aliphatic heterocycles. The highest BCUT2D eigenvalue weighted by molar-refractivity contribution is 5.53. The first-order valence-corrected chi connectivity index (χ1v) is 4.83. The van der Waals surface area contributed by atoms with Gasteiger partial charge in [0.25, 0.3) is 0 Å². The molecule has 0 radical (unpaired) electrons. The van der Waals surface area contributed by atoms with E-state index in [1.165, 1.54) is 11.1 Å². The molecule has 0 saturated heterocycles. The van der Waals surface area contributed by atoms with Crippen LogP contribution >= 0.6 is 0 Å². The van der Waals surface area contributed by atoms with Crippen LogP contribution in [0, 0.1) is 0 Å². The molecule has 0 fully saturated rings. The number of rotatable bonds is 3. The van der Waals surface area contributed by atoms with Crippen LogP contribution in [0.15, 0.2) is 30.8 Å². The zero-order valence-electron chi connectivity index (χ0n) is 8.80. The lowest BCUT2D eigenvalue weighted by Crippen LogP contribution is -2.16. The third-order valence-electron chi connectivity index (χ3n) is 2.79. The molecule has 0 atom stereocenters. The molecule has 0 unspecified atom stereocenters. The fourth-order valence-electron chi connectivity index (χ4n) is 1.48. The summed E-state index contributed by atoms with van der Waals surface area (Å²) in [6, 6.07) is 8.48. The van der Waals surface area contributed by atoms with Crippen LogP contribution in [0.25, 0.3) is 6.08 Å². The van der Waals surface area contributed by atoms with Gasteiger partial charge < -0.3 is 0 Å². The molecule has 1 aromatic rings. The van der Waals surface area contributed by atoms with Crippen LogP contribution in [0.2, 0.25) is 0 Å². The van der Waals surface area contributed by atoms with E-state index >= 15 is 0 Å². The van der Waals surface area contributed by atoms with Crippen molar-refractivity contribution in [1.82, 2.24) is 0 Å². The minimum Gasteiger partial charge on any atom is -0.0985 e. The van der Waals surface area contributed by atoms with Gasteiger partial charge in [0.1, 0.15) is 0 Å². The molecule has 0 amide bonds. The van der Waals surface area contributed by atoms with Gasteiger partial charge in [0.15, 0.2) is 0 Å². The van der Waals surface area contributed by atoms with Gasteiger partial charge in [0.05, 0.1) is 0 Å². The van der Waals surface area contributed by atoms with Crippen LogP contribution in [0.3, 0.4) is 0 Å². The van der Waals surface area contributed by atoms with Gasteiger partial charge in [0, 0.05) is 0 Å². The van der Waals surface area contributed by atoms with Crippen molar-refractivity contribution in [2.75, 3.05) is 0 Å². The van der Waals surface area contributed by atoms with E-state index in [1.54, 1.807) is 0 Å². The van der Waals surface area contributed by atoms with Crippen LogP contribution < -0.4 is 0 Å². The monoisotopic (exact) mass is 174 g/mol. The minimum atomic E-state index is 0.255. The highest BCUT2D eigenvalue weighted by atomic mass is 14.2. The first-order valence-electron chi connectivity index (χ1n) is 4.83. The molecule has 0 heteroatoms. The van der Waals surface area contributed by atoms with Crippen LogP contribution in [-0.4, -0.2) is 0 Å². The van der Waals surface area contributed by atoms with Gasteiger partial charge in [-0.1, -0.05) is 57.7 Å². The SMILES string of the molecule is C=Cc1ccccc1C(C)(C)CC. The summed E-state index contributed by atoms with van der Waals surface area (Å²) in [5.41, 5.74) is 2.91. The zero-order valence-corrected chi connectivity index (χ0v) is 8.80. The van der Waals surface area contributed by atoms with Gasteiger partial charge in [-0.15, -0.1) is 0 Å². The van der Waals surface area contributed by atoms with Gasteiger partial charge in [-0.3, -0.25) is 0 Å². The van der Waals surface area contributed by atoms with E-state index in [0.29, 0.717) is 0 Å². The van der Waals surface area contributed by atoms with Gasteiger partial charge in [-0.05, 0) is 23.0 Å². The summed E-state index contributed by atoms with van der Waals surface area (Å²) in [6.45, 7) is 10.6. The Kier molecular flexibility index (Phi) is 2.92. The summed E-state index contributed by atoms with van der Waals surface area (Å²) in [4.78, 5) is 0. The lowest BCUT2D eigenvalue weighted by atomic mass is 9.80. The maximum absolute atomic E-state index is 3.84. The topological polar surface area (TPSA) is 0 Å². The average molecular weight is 174 g/mol. The van der Waals surface area contributed by atoms with Crippen molar-refractivity contribution in [3.8, 4) is 0 Å². The van der Waals surface area contributed by atoms with Gasteiger partial charge >= 0.3 is 0 Å².